The van der Waals surface area contributed by atoms with Crippen molar-refractivity contribution in [2.75, 3.05) is 11.9 Å². The minimum absolute atomic E-state index is 0.0940. The summed E-state index contributed by atoms with van der Waals surface area (Å²) in [6, 6.07) is 7.72. The van der Waals surface area contributed by atoms with Gasteiger partial charge in [0.05, 0.1) is 6.61 Å². The molecule has 4 rings (SSSR count). The Balaban J connectivity index is 1.50. The highest BCUT2D eigenvalue weighted by molar-refractivity contribution is 7.14. The third kappa shape index (κ3) is 3.60. The number of nitrogens with one attached hydrogen (secondary N) is 1. The lowest BCUT2D eigenvalue weighted by Gasteiger charge is -2.19. The van der Waals surface area contributed by atoms with Gasteiger partial charge in [0.25, 0.3) is 0 Å². The average molecular weight is 370 g/mol. The van der Waals surface area contributed by atoms with Crippen molar-refractivity contribution in [2.24, 2.45) is 5.92 Å². The number of nitrogens with zero attached hydrogens (tertiary/aromatic N) is 1. The number of carbonyl (C=O) groups is 1. The van der Waals surface area contributed by atoms with Crippen LogP contribution in [0.5, 0.6) is 5.75 Å². The average Bonchev–Trinajstić information content (AvgIpc) is 3.29. The van der Waals surface area contributed by atoms with E-state index in [0.29, 0.717) is 17.5 Å². The molecule has 2 aromatic heterocycles. The summed E-state index contributed by atoms with van der Waals surface area (Å²) in [6.07, 6.45) is 5.49. The van der Waals surface area contributed by atoms with Crippen molar-refractivity contribution in [1.82, 2.24) is 4.98 Å². The number of aromatic nitrogens is 1. The largest absolute Gasteiger partial charge is 0.494 e. The predicted molar refractivity (Wildman–Crippen MR) is 104 cm³/mol. The van der Waals surface area contributed by atoms with Gasteiger partial charge in [0.1, 0.15) is 17.0 Å². The van der Waals surface area contributed by atoms with E-state index in [0.717, 1.165) is 48.1 Å². The molecule has 1 saturated carbocycles. The molecule has 0 saturated heterocycles. The summed E-state index contributed by atoms with van der Waals surface area (Å²) in [5.74, 6) is 1.74. The number of ether oxygens (including phenoxy) is 1. The Morgan fingerprint density at radius 2 is 2.15 bits per heavy atom. The van der Waals surface area contributed by atoms with Gasteiger partial charge in [-0.3, -0.25) is 4.79 Å². The maximum atomic E-state index is 12.4. The number of carbonyl (C=O) groups excluding carboxylic acids is 1. The first kappa shape index (κ1) is 17.1. The van der Waals surface area contributed by atoms with Crippen molar-refractivity contribution >= 4 is 33.3 Å². The van der Waals surface area contributed by atoms with E-state index in [2.05, 4.69) is 10.3 Å². The highest BCUT2D eigenvalue weighted by Crippen LogP contribution is 2.32. The molecule has 1 aliphatic carbocycles. The molecule has 1 amide bonds. The van der Waals surface area contributed by atoms with Crippen LogP contribution in [0, 0.1) is 5.92 Å². The number of hydrogen-bond donors (Lipinski definition) is 1. The molecule has 2 heterocycles. The Labute approximate surface area is 156 Å². The fourth-order valence-corrected chi connectivity index (χ4v) is 4.12. The van der Waals surface area contributed by atoms with E-state index in [1.54, 1.807) is 0 Å². The highest BCUT2D eigenvalue weighted by atomic mass is 32.1. The maximum Gasteiger partial charge on any atom is 0.229 e. The number of thiazole rings is 1. The molecule has 0 aliphatic heterocycles. The van der Waals surface area contributed by atoms with Crippen LogP contribution in [0.15, 0.2) is 34.1 Å². The van der Waals surface area contributed by atoms with Crippen LogP contribution >= 0.6 is 11.3 Å². The van der Waals surface area contributed by atoms with E-state index in [1.807, 2.05) is 36.6 Å². The molecule has 0 unspecified atom stereocenters. The van der Waals surface area contributed by atoms with Crippen LogP contribution in [0.2, 0.25) is 0 Å². The lowest BCUT2D eigenvalue weighted by molar-refractivity contribution is -0.120. The van der Waals surface area contributed by atoms with Crippen LogP contribution in [0.1, 0.15) is 39.0 Å². The Hall–Kier alpha value is -2.34. The summed E-state index contributed by atoms with van der Waals surface area (Å²) in [5.41, 5.74) is 1.53. The van der Waals surface area contributed by atoms with Gasteiger partial charge < -0.3 is 14.5 Å². The van der Waals surface area contributed by atoms with Crippen molar-refractivity contribution in [3.8, 4) is 17.2 Å². The van der Waals surface area contributed by atoms with Gasteiger partial charge in [0.15, 0.2) is 10.9 Å². The van der Waals surface area contributed by atoms with Gasteiger partial charge in [-0.25, -0.2) is 4.98 Å². The quantitative estimate of drug-likeness (QED) is 0.646. The summed E-state index contributed by atoms with van der Waals surface area (Å²) in [7, 11) is 0. The Bertz CT molecular complexity index is 909. The van der Waals surface area contributed by atoms with Crippen molar-refractivity contribution in [3.63, 3.8) is 0 Å². The first-order chi connectivity index (χ1) is 12.7. The number of hydrogen-bond acceptors (Lipinski definition) is 5. The lowest BCUT2D eigenvalue weighted by Crippen LogP contribution is -2.24. The van der Waals surface area contributed by atoms with Gasteiger partial charge in [0.2, 0.25) is 5.91 Å². The highest BCUT2D eigenvalue weighted by Gasteiger charge is 2.22. The second kappa shape index (κ2) is 7.50. The zero-order valence-electron chi connectivity index (χ0n) is 14.8. The fourth-order valence-electron chi connectivity index (χ4n) is 3.42. The molecule has 136 valence electrons. The number of rotatable bonds is 5. The molecule has 1 N–H and O–H groups in total. The number of amides is 1. The molecule has 3 aromatic rings. The zero-order valence-corrected chi connectivity index (χ0v) is 15.6. The monoisotopic (exact) mass is 370 g/mol. The third-order valence-electron chi connectivity index (χ3n) is 4.76. The molecule has 1 fully saturated rings. The molecule has 0 bridgehead atoms. The second-order valence-electron chi connectivity index (χ2n) is 6.61. The van der Waals surface area contributed by atoms with Crippen molar-refractivity contribution in [2.45, 2.75) is 39.0 Å². The SMILES string of the molecule is CCOc1ccc2oc(-c3csc(NC(=O)C4CCCCC4)n3)cc2c1. The Morgan fingerprint density at radius 3 is 2.96 bits per heavy atom. The van der Waals surface area contributed by atoms with Crippen LogP contribution in [-0.2, 0) is 4.79 Å². The molecule has 26 heavy (non-hydrogen) atoms. The molecule has 0 radical (unpaired) electrons. The number of benzene rings is 1. The molecule has 0 atom stereocenters. The summed E-state index contributed by atoms with van der Waals surface area (Å²) in [4.78, 5) is 16.9. The van der Waals surface area contributed by atoms with Gasteiger partial charge in [-0.05, 0) is 44.0 Å². The van der Waals surface area contributed by atoms with Crippen molar-refractivity contribution in [1.29, 1.82) is 0 Å². The number of fused-ring (bicyclic) bond motifs is 1. The topological polar surface area (TPSA) is 64.4 Å². The molecule has 1 aromatic carbocycles. The smallest absolute Gasteiger partial charge is 0.229 e. The standard InChI is InChI=1S/C20H22N2O3S/c1-2-24-15-8-9-17-14(10-15)11-18(25-17)16-12-26-20(21-16)22-19(23)13-6-4-3-5-7-13/h8-13H,2-7H2,1H3,(H,21,22,23). The normalized spacial score (nSPS) is 15.3. The van der Waals surface area contributed by atoms with Crippen molar-refractivity contribution in [3.05, 3.63) is 29.6 Å². The zero-order chi connectivity index (χ0) is 17.9. The van der Waals surface area contributed by atoms with E-state index < -0.39 is 0 Å². The Kier molecular flexibility index (Phi) is 4.93. The van der Waals surface area contributed by atoms with Crippen LogP contribution < -0.4 is 10.1 Å². The van der Waals surface area contributed by atoms with Crippen LogP contribution in [0.4, 0.5) is 5.13 Å². The Morgan fingerprint density at radius 1 is 1.31 bits per heavy atom. The third-order valence-corrected chi connectivity index (χ3v) is 5.52. The first-order valence-corrected chi connectivity index (χ1v) is 10.0. The first-order valence-electron chi connectivity index (χ1n) is 9.16. The summed E-state index contributed by atoms with van der Waals surface area (Å²) in [5, 5.41) is 6.49. The van der Waals surface area contributed by atoms with Gasteiger partial charge in [-0.2, -0.15) is 0 Å². The molecular weight excluding hydrogens is 348 g/mol. The maximum absolute atomic E-state index is 12.4. The minimum atomic E-state index is 0.0940. The molecule has 1 aliphatic rings. The van der Waals surface area contributed by atoms with E-state index in [9.17, 15) is 4.79 Å². The van der Waals surface area contributed by atoms with E-state index >= 15 is 0 Å². The van der Waals surface area contributed by atoms with Gasteiger partial charge in [-0.15, -0.1) is 11.3 Å². The second-order valence-corrected chi connectivity index (χ2v) is 7.46. The molecule has 6 heteroatoms. The van der Waals surface area contributed by atoms with Gasteiger partial charge >= 0.3 is 0 Å². The van der Waals surface area contributed by atoms with Gasteiger partial charge in [-0.1, -0.05) is 19.3 Å². The lowest BCUT2D eigenvalue weighted by atomic mass is 9.89. The number of furan rings is 1. The van der Waals surface area contributed by atoms with Crippen LogP contribution in [0.3, 0.4) is 0 Å². The fraction of sp³-hybridized carbons (Fsp3) is 0.400. The van der Waals surface area contributed by atoms with Crippen molar-refractivity contribution < 1.29 is 13.9 Å². The van der Waals surface area contributed by atoms with Gasteiger partial charge in [0, 0.05) is 16.7 Å². The summed E-state index contributed by atoms with van der Waals surface area (Å²) < 4.78 is 11.4. The molecular formula is C20H22N2O3S. The van der Waals surface area contributed by atoms with E-state index in [4.69, 9.17) is 9.15 Å². The van der Waals surface area contributed by atoms with Crippen LogP contribution in [-0.4, -0.2) is 17.5 Å². The minimum Gasteiger partial charge on any atom is -0.494 e. The molecule has 0 spiro atoms. The molecule has 5 nitrogen and oxygen atoms in total. The van der Waals surface area contributed by atoms with Crippen LogP contribution in [0.25, 0.3) is 22.4 Å². The van der Waals surface area contributed by atoms with E-state index in [-0.39, 0.29) is 11.8 Å². The number of anilines is 1. The predicted octanol–water partition coefficient (Wildman–Crippen LogP) is 5.47. The summed E-state index contributed by atoms with van der Waals surface area (Å²) in [6.45, 7) is 2.59. The van der Waals surface area contributed by atoms with E-state index in [1.165, 1.54) is 17.8 Å². The summed E-state index contributed by atoms with van der Waals surface area (Å²) >= 11 is 1.43.